The van der Waals surface area contributed by atoms with E-state index in [-0.39, 0.29) is 11.6 Å². The number of likely N-dealkylation sites (N-methyl/N-ethyl adjacent to an activating group) is 1. The average Bonchev–Trinajstić information content (AvgIpc) is 2.11. The van der Waals surface area contributed by atoms with E-state index in [4.69, 9.17) is 0 Å². The van der Waals surface area contributed by atoms with Crippen LogP contribution in [-0.2, 0) is 0 Å². The summed E-state index contributed by atoms with van der Waals surface area (Å²) in [5.41, 5.74) is 0.215. The van der Waals surface area contributed by atoms with Gasteiger partial charge in [0.25, 0.3) is 0 Å². The van der Waals surface area contributed by atoms with E-state index in [1.807, 2.05) is 14.1 Å². The molecule has 0 amide bonds. The lowest BCUT2D eigenvalue weighted by Gasteiger charge is -2.40. The Morgan fingerprint density at radius 2 is 1.60 bits per heavy atom. The summed E-state index contributed by atoms with van der Waals surface area (Å²) in [7, 11) is 4.09. The lowest BCUT2D eigenvalue weighted by molar-refractivity contribution is -0.00808. The fourth-order valence-electron chi connectivity index (χ4n) is 1.73. The van der Waals surface area contributed by atoms with Gasteiger partial charge >= 0.3 is 0 Å². The second-order valence-corrected chi connectivity index (χ2v) is 6.22. The van der Waals surface area contributed by atoms with Crippen LogP contribution in [0.5, 0.6) is 0 Å². The quantitative estimate of drug-likeness (QED) is 0.762. The van der Waals surface area contributed by atoms with Crippen LogP contribution in [0.4, 0.5) is 0 Å². The van der Waals surface area contributed by atoms with Crippen molar-refractivity contribution in [1.29, 1.82) is 0 Å². The van der Waals surface area contributed by atoms with Crippen LogP contribution >= 0.6 is 0 Å². The van der Waals surface area contributed by atoms with Crippen molar-refractivity contribution in [1.82, 2.24) is 4.90 Å². The zero-order chi connectivity index (χ0) is 12.3. The highest BCUT2D eigenvalue weighted by Crippen LogP contribution is 2.28. The van der Waals surface area contributed by atoms with Gasteiger partial charge in [-0.15, -0.1) is 0 Å². The maximum atomic E-state index is 10.3. The van der Waals surface area contributed by atoms with Gasteiger partial charge in [-0.3, -0.25) is 0 Å². The summed E-state index contributed by atoms with van der Waals surface area (Å²) in [5.74, 6) is 0. The molecule has 2 unspecified atom stereocenters. The maximum absolute atomic E-state index is 10.3. The van der Waals surface area contributed by atoms with E-state index in [0.717, 1.165) is 19.3 Å². The molecule has 0 heterocycles. The molecule has 0 bridgehead atoms. The van der Waals surface area contributed by atoms with Crippen molar-refractivity contribution in [3.8, 4) is 0 Å². The van der Waals surface area contributed by atoms with Crippen molar-refractivity contribution in [2.45, 2.75) is 65.5 Å². The molecule has 0 aliphatic heterocycles. The van der Waals surface area contributed by atoms with E-state index in [2.05, 4.69) is 39.5 Å². The molecule has 0 aliphatic rings. The standard InChI is InChI=1S/C13H29NO/c1-8-13(5,14(6)7)11(15)9-10-12(2,3)4/h11,15H,8-10H2,1-7H3. The highest BCUT2D eigenvalue weighted by Gasteiger charge is 2.33. The number of aliphatic hydroxyl groups excluding tert-OH is 1. The summed E-state index contributed by atoms with van der Waals surface area (Å²) >= 11 is 0. The van der Waals surface area contributed by atoms with Gasteiger partial charge in [-0.1, -0.05) is 27.7 Å². The Morgan fingerprint density at radius 3 is 1.87 bits per heavy atom. The largest absolute Gasteiger partial charge is 0.391 e. The summed E-state index contributed by atoms with van der Waals surface area (Å²) < 4.78 is 0. The predicted molar refractivity (Wildman–Crippen MR) is 67.1 cm³/mol. The molecule has 0 radical (unpaired) electrons. The SMILES string of the molecule is CCC(C)(C(O)CCC(C)(C)C)N(C)C. The lowest BCUT2D eigenvalue weighted by atomic mass is 9.82. The van der Waals surface area contributed by atoms with Crippen LogP contribution in [0.2, 0.25) is 0 Å². The zero-order valence-corrected chi connectivity index (χ0v) is 11.6. The Labute approximate surface area is 95.7 Å². The summed E-state index contributed by atoms with van der Waals surface area (Å²) in [6, 6.07) is 0. The van der Waals surface area contributed by atoms with Gasteiger partial charge < -0.3 is 10.0 Å². The molecule has 1 N–H and O–H groups in total. The van der Waals surface area contributed by atoms with E-state index in [1.165, 1.54) is 0 Å². The molecule has 92 valence electrons. The van der Waals surface area contributed by atoms with E-state index < -0.39 is 0 Å². The van der Waals surface area contributed by atoms with E-state index >= 15 is 0 Å². The third kappa shape index (κ3) is 4.52. The summed E-state index contributed by atoms with van der Waals surface area (Å²) in [6.07, 6.45) is 2.69. The molecule has 2 heteroatoms. The molecule has 0 saturated heterocycles. The predicted octanol–water partition coefficient (Wildman–Crippen LogP) is 2.90. The van der Waals surface area contributed by atoms with Crippen molar-refractivity contribution >= 4 is 0 Å². The molecule has 0 aromatic carbocycles. The minimum Gasteiger partial charge on any atom is -0.391 e. The highest BCUT2D eigenvalue weighted by molar-refractivity contribution is 4.89. The second-order valence-electron chi connectivity index (χ2n) is 6.22. The van der Waals surface area contributed by atoms with Crippen molar-refractivity contribution in [2.24, 2.45) is 5.41 Å². The molecule has 0 rings (SSSR count). The van der Waals surface area contributed by atoms with Crippen LogP contribution < -0.4 is 0 Å². The summed E-state index contributed by atoms with van der Waals surface area (Å²) in [5, 5.41) is 10.3. The van der Waals surface area contributed by atoms with Crippen LogP contribution in [0.3, 0.4) is 0 Å². The molecule has 0 saturated carbocycles. The first-order chi connectivity index (χ1) is 6.63. The van der Waals surface area contributed by atoms with Gasteiger partial charge in [-0.25, -0.2) is 0 Å². The molecule has 0 aromatic rings. The number of hydrogen-bond donors (Lipinski definition) is 1. The Balaban J connectivity index is 4.35. The van der Waals surface area contributed by atoms with E-state index in [9.17, 15) is 5.11 Å². The number of nitrogens with zero attached hydrogens (tertiary/aromatic N) is 1. The molecule has 2 atom stereocenters. The third-order valence-corrected chi connectivity index (χ3v) is 3.62. The maximum Gasteiger partial charge on any atom is 0.0721 e. The minimum absolute atomic E-state index is 0.0920. The van der Waals surface area contributed by atoms with Crippen LogP contribution in [0, 0.1) is 5.41 Å². The smallest absolute Gasteiger partial charge is 0.0721 e. The first-order valence-corrected chi connectivity index (χ1v) is 5.99. The fraction of sp³-hybridized carbons (Fsp3) is 1.00. The van der Waals surface area contributed by atoms with Crippen molar-refractivity contribution in [3.63, 3.8) is 0 Å². The zero-order valence-electron chi connectivity index (χ0n) is 11.6. The Morgan fingerprint density at radius 1 is 1.13 bits per heavy atom. The Hall–Kier alpha value is -0.0800. The first kappa shape index (κ1) is 14.9. The summed E-state index contributed by atoms with van der Waals surface area (Å²) in [4.78, 5) is 2.14. The molecule has 0 aromatic heterocycles. The van der Waals surface area contributed by atoms with E-state index in [0.29, 0.717) is 5.41 Å². The van der Waals surface area contributed by atoms with Gasteiger partial charge in [0.2, 0.25) is 0 Å². The molecular formula is C13H29NO. The normalized spacial score (nSPS) is 19.0. The molecule has 2 nitrogen and oxygen atoms in total. The molecule has 0 spiro atoms. The Kier molecular flexibility index (Phi) is 5.28. The number of hydrogen-bond acceptors (Lipinski definition) is 2. The van der Waals surface area contributed by atoms with E-state index in [1.54, 1.807) is 0 Å². The average molecular weight is 215 g/mol. The van der Waals surface area contributed by atoms with Crippen molar-refractivity contribution < 1.29 is 5.11 Å². The van der Waals surface area contributed by atoms with Crippen LogP contribution in [0.1, 0.15) is 53.9 Å². The van der Waals surface area contributed by atoms with Gasteiger partial charge in [0.15, 0.2) is 0 Å². The van der Waals surface area contributed by atoms with Crippen LogP contribution in [0.25, 0.3) is 0 Å². The van der Waals surface area contributed by atoms with Gasteiger partial charge in [-0.05, 0) is 45.7 Å². The minimum atomic E-state index is -0.239. The van der Waals surface area contributed by atoms with Gasteiger partial charge in [0.1, 0.15) is 0 Å². The van der Waals surface area contributed by atoms with Crippen LogP contribution in [0.15, 0.2) is 0 Å². The van der Waals surface area contributed by atoms with Gasteiger partial charge in [-0.2, -0.15) is 0 Å². The lowest BCUT2D eigenvalue weighted by Crippen LogP contribution is -2.50. The molecule has 0 aliphatic carbocycles. The number of aliphatic hydroxyl groups is 1. The number of rotatable bonds is 5. The van der Waals surface area contributed by atoms with Crippen molar-refractivity contribution in [2.75, 3.05) is 14.1 Å². The van der Waals surface area contributed by atoms with Crippen molar-refractivity contribution in [3.05, 3.63) is 0 Å². The molecular weight excluding hydrogens is 186 g/mol. The topological polar surface area (TPSA) is 23.5 Å². The molecule has 0 fully saturated rings. The monoisotopic (exact) mass is 215 g/mol. The first-order valence-electron chi connectivity index (χ1n) is 5.99. The summed E-state index contributed by atoms with van der Waals surface area (Å²) in [6.45, 7) is 10.9. The van der Waals surface area contributed by atoms with Gasteiger partial charge in [0.05, 0.1) is 6.10 Å². The fourth-order valence-corrected chi connectivity index (χ4v) is 1.73. The third-order valence-electron chi connectivity index (χ3n) is 3.62. The van der Waals surface area contributed by atoms with Crippen LogP contribution in [-0.4, -0.2) is 35.7 Å². The second kappa shape index (κ2) is 5.31. The highest BCUT2D eigenvalue weighted by atomic mass is 16.3. The van der Waals surface area contributed by atoms with Gasteiger partial charge in [0, 0.05) is 5.54 Å². The Bertz CT molecular complexity index is 183. The molecule has 15 heavy (non-hydrogen) atoms.